The van der Waals surface area contributed by atoms with Crippen LogP contribution in [0.2, 0.25) is 0 Å². The molecule has 2 rings (SSSR count). The molecule has 1 aliphatic rings. The lowest BCUT2D eigenvalue weighted by atomic mass is 10.1. The van der Waals surface area contributed by atoms with E-state index in [-0.39, 0.29) is 0 Å². The number of hydrogen-bond acceptors (Lipinski definition) is 3. The van der Waals surface area contributed by atoms with Crippen LogP contribution in [-0.4, -0.2) is 49.1 Å². The van der Waals surface area contributed by atoms with Gasteiger partial charge in [0.1, 0.15) is 5.76 Å². The van der Waals surface area contributed by atoms with Crippen molar-refractivity contribution < 1.29 is 4.42 Å². The van der Waals surface area contributed by atoms with Crippen molar-refractivity contribution in [3.8, 4) is 0 Å². The highest BCUT2D eigenvalue weighted by Gasteiger charge is 2.31. The summed E-state index contributed by atoms with van der Waals surface area (Å²) in [7, 11) is 0. The Hall–Kier alpha value is -1.49. The van der Waals surface area contributed by atoms with E-state index in [9.17, 15) is 0 Å². The number of furan rings is 1. The Bertz CT molecular complexity index is 495. The van der Waals surface area contributed by atoms with Crippen molar-refractivity contribution in [1.29, 1.82) is 0 Å². The van der Waals surface area contributed by atoms with Crippen LogP contribution in [0.4, 0.5) is 0 Å². The van der Waals surface area contributed by atoms with Crippen LogP contribution in [-0.2, 0) is 6.42 Å². The second-order valence-corrected chi connectivity index (χ2v) is 7.62. The maximum atomic E-state index is 5.40. The molecule has 0 amide bonds. The summed E-state index contributed by atoms with van der Waals surface area (Å²) in [5.41, 5.74) is 0. The fourth-order valence-corrected chi connectivity index (χ4v) is 2.97. The molecular weight excluding hydrogens is 300 g/mol. The normalized spacial score (nSPS) is 22.5. The summed E-state index contributed by atoms with van der Waals surface area (Å²) >= 11 is 0. The molecule has 0 aliphatic carbocycles. The van der Waals surface area contributed by atoms with Gasteiger partial charge in [-0.15, -0.1) is 0 Å². The van der Waals surface area contributed by atoms with Gasteiger partial charge in [-0.05, 0) is 37.8 Å². The third-order valence-corrected chi connectivity index (χ3v) is 4.55. The minimum absolute atomic E-state index is 0.453. The van der Waals surface area contributed by atoms with E-state index in [0.717, 1.165) is 44.3 Å². The third-order valence-electron chi connectivity index (χ3n) is 4.55. The molecule has 1 fully saturated rings. The zero-order valence-corrected chi connectivity index (χ0v) is 15.9. The zero-order chi connectivity index (χ0) is 17.5. The van der Waals surface area contributed by atoms with Crippen LogP contribution < -0.4 is 10.6 Å². The molecule has 2 heterocycles. The Labute approximate surface area is 146 Å². The molecule has 0 saturated carbocycles. The first-order valence-corrected chi connectivity index (χ1v) is 9.27. The van der Waals surface area contributed by atoms with Gasteiger partial charge in [0.25, 0.3) is 0 Å². The Morgan fingerprint density at radius 1 is 1.33 bits per heavy atom. The largest absolute Gasteiger partial charge is 0.469 e. The molecule has 1 aromatic heterocycles. The Morgan fingerprint density at radius 3 is 2.71 bits per heavy atom. The molecule has 2 atom stereocenters. The van der Waals surface area contributed by atoms with Gasteiger partial charge in [-0.2, -0.15) is 0 Å². The van der Waals surface area contributed by atoms with Crippen molar-refractivity contribution in [2.24, 2.45) is 16.8 Å². The first-order valence-electron chi connectivity index (χ1n) is 9.27. The van der Waals surface area contributed by atoms with Crippen LogP contribution in [0.15, 0.2) is 27.8 Å². The van der Waals surface area contributed by atoms with Crippen molar-refractivity contribution in [3.05, 3.63) is 24.2 Å². The van der Waals surface area contributed by atoms with Gasteiger partial charge < -0.3 is 15.1 Å². The van der Waals surface area contributed by atoms with E-state index in [0.29, 0.717) is 23.9 Å². The minimum atomic E-state index is 0.453. The van der Waals surface area contributed by atoms with E-state index in [1.54, 1.807) is 6.26 Å². The fraction of sp³-hybridized carbons (Fsp3) is 0.737. The number of aliphatic imine (C=N–C) groups is 1. The second kappa shape index (κ2) is 9.11. The predicted octanol–water partition coefficient (Wildman–Crippen LogP) is 2.74. The lowest BCUT2D eigenvalue weighted by Crippen LogP contribution is -2.47. The lowest BCUT2D eigenvalue weighted by molar-refractivity contribution is 0.265. The summed E-state index contributed by atoms with van der Waals surface area (Å²) in [6.07, 6.45) is 2.59. The summed E-state index contributed by atoms with van der Waals surface area (Å²) in [5, 5.41) is 7.12. The number of guanidine groups is 1. The molecule has 2 unspecified atom stereocenters. The topological polar surface area (TPSA) is 52.8 Å². The standard InChI is InChI=1S/C19H34N4O/c1-14(2)11-21-19(20-9-8-17-7-6-10-24-17)22-18-13-23(15(3)4)12-16(18)5/h6-7,10,14-16,18H,8-9,11-13H2,1-5H3,(H2,20,21,22). The molecule has 1 aliphatic heterocycles. The summed E-state index contributed by atoms with van der Waals surface area (Å²) in [4.78, 5) is 7.29. The molecule has 5 heteroatoms. The molecular formula is C19H34N4O. The molecule has 0 bridgehead atoms. The number of likely N-dealkylation sites (tertiary alicyclic amines) is 1. The van der Waals surface area contributed by atoms with Gasteiger partial charge in [-0.25, -0.2) is 0 Å². The van der Waals surface area contributed by atoms with Gasteiger partial charge in [0.05, 0.1) is 6.26 Å². The highest BCUT2D eigenvalue weighted by molar-refractivity contribution is 5.80. The molecule has 0 aromatic carbocycles. The minimum Gasteiger partial charge on any atom is -0.469 e. The molecule has 0 radical (unpaired) electrons. The van der Waals surface area contributed by atoms with Gasteiger partial charge in [-0.3, -0.25) is 9.89 Å². The van der Waals surface area contributed by atoms with E-state index >= 15 is 0 Å². The molecule has 0 spiro atoms. The van der Waals surface area contributed by atoms with E-state index in [1.807, 2.05) is 12.1 Å². The summed E-state index contributed by atoms with van der Waals surface area (Å²) in [6, 6.07) is 5.00. The van der Waals surface area contributed by atoms with Crippen LogP contribution in [0.5, 0.6) is 0 Å². The Kier molecular flexibility index (Phi) is 7.16. The maximum Gasteiger partial charge on any atom is 0.191 e. The first kappa shape index (κ1) is 18.8. The summed E-state index contributed by atoms with van der Waals surface area (Å²) in [6.45, 7) is 15.2. The van der Waals surface area contributed by atoms with Crippen molar-refractivity contribution in [2.75, 3.05) is 26.2 Å². The molecule has 5 nitrogen and oxygen atoms in total. The molecule has 2 N–H and O–H groups in total. The summed E-state index contributed by atoms with van der Waals surface area (Å²) in [5.74, 6) is 3.12. The molecule has 24 heavy (non-hydrogen) atoms. The average Bonchev–Trinajstić information content (AvgIpc) is 3.15. The SMILES string of the molecule is CC(C)CN=C(NCCc1ccco1)NC1CN(C(C)C)CC1C. The van der Waals surface area contributed by atoms with Gasteiger partial charge in [0, 0.05) is 44.7 Å². The molecule has 1 saturated heterocycles. The van der Waals surface area contributed by atoms with Gasteiger partial charge in [-0.1, -0.05) is 20.8 Å². The number of nitrogens with zero attached hydrogens (tertiary/aromatic N) is 2. The van der Waals surface area contributed by atoms with Crippen LogP contribution in [0.25, 0.3) is 0 Å². The van der Waals surface area contributed by atoms with Crippen molar-refractivity contribution in [1.82, 2.24) is 15.5 Å². The highest BCUT2D eigenvalue weighted by atomic mass is 16.3. The van der Waals surface area contributed by atoms with Crippen LogP contribution in [0.1, 0.15) is 40.4 Å². The Balaban J connectivity index is 1.89. The van der Waals surface area contributed by atoms with Gasteiger partial charge >= 0.3 is 0 Å². The van der Waals surface area contributed by atoms with Gasteiger partial charge in [0.15, 0.2) is 5.96 Å². The Morgan fingerprint density at radius 2 is 2.12 bits per heavy atom. The first-order chi connectivity index (χ1) is 11.5. The fourth-order valence-electron chi connectivity index (χ4n) is 2.97. The highest BCUT2D eigenvalue weighted by Crippen LogP contribution is 2.18. The van der Waals surface area contributed by atoms with E-state index < -0.39 is 0 Å². The van der Waals surface area contributed by atoms with Crippen LogP contribution in [0, 0.1) is 11.8 Å². The zero-order valence-electron chi connectivity index (χ0n) is 15.9. The quantitative estimate of drug-likeness (QED) is 0.595. The molecule has 136 valence electrons. The smallest absolute Gasteiger partial charge is 0.191 e. The second-order valence-electron chi connectivity index (χ2n) is 7.62. The van der Waals surface area contributed by atoms with E-state index in [4.69, 9.17) is 9.41 Å². The maximum absolute atomic E-state index is 5.40. The monoisotopic (exact) mass is 334 g/mol. The van der Waals surface area contributed by atoms with E-state index in [2.05, 4.69) is 50.2 Å². The third kappa shape index (κ3) is 5.86. The predicted molar refractivity (Wildman–Crippen MR) is 100 cm³/mol. The number of nitrogens with one attached hydrogen (secondary N) is 2. The lowest BCUT2D eigenvalue weighted by Gasteiger charge is -2.22. The van der Waals surface area contributed by atoms with E-state index in [1.165, 1.54) is 0 Å². The number of rotatable bonds is 7. The number of hydrogen-bond donors (Lipinski definition) is 2. The van der Waals surface area contributed by atoms with Crippen molar-refractivity contribution in [3.63, 3.8) is 0 Å². The summed E-state index contributed by atoms with van der Waals surface area (Å²) < 4.78 is 5.40. The van der Waals surface area contributed by atoms with Crippen LogP contribution >= 0.6 is 0 Å². The molecule has 1 aromatic rings. The average molecular weight is 335 g/mol. The van der Waals surface area contributed by atoms with Crippen LogP contribution in [0.3, 0.4) is 0 Å². The van der Waals surface area contributed by atoms with Gasteiger partial charge in [0.2, 0.25) is 0 Å². The van der Waals surface area contributed by atoms with Crippen molar-refractivity contribution >= 4 is 5.96 Å². The van der Waals surface area contributed by atoms with Crippen molar-refractivity contribution in [2.45, 2.75) is 53.1 Å².